The second kappa shape index (κ2) is 7.21. The van der Waals surface area contributed by atoms with Gasteiger partial charge < -0.3 is 10.0 Å². The molecule has 1 atom stereocenters. The topological polar surface area (TPSA) is 23.5 Å². The van der Waals surface area contributed by atoms with E-state index in [4.69, 9.17) is 0 Å². The lowest BCUT2D eigenvalue weighted by Crippen LogP contribution is -2.28. The summed E-state index contributed by atoms with van der Waals surface area (Å²) in [5.74, 6) is 0.331. The first-order valence-corrected chi connectivity index (χ1v) is 6.67. The Hall–Kier alpha value is -1.18. The van der Waals surface area contributed by atoms with E-state index in [1.165, 1.54) is 37.8 Å². The Morgan fingerprint density at radius 3 is 2.35 bits per heavy atom. The summed E-state index contributed by atoms with van der Waals surface area (Å²) in [6.07, 6.45) is 6.51. The molecule has 1 aromatic rings. The van der Waals surface area contributed by atoms with Crippen LogP contribution in [0.15, 0.2) is 24.3 Å². The zero-order valence-electron chi connectivity index (χ0n) is 11.3. The zero-order chi connectivity index (χ0) is 12.7. The van der Waals surface area contributed by atoms with Gasteiger partial charge in [-0.25, -0.2) is 0 Å². The van der Waals surface area contributed by atoms with Crippen molar-refractivity contribution in [3.05, 3.63) is 24.3 Å². The minimum atomic E-state index is 0.331. The van der Waals surface area contributed by atoms with Crippen LogP contribution in [0.25, 0.3) is 0 Å². The van der Waals surface area contributed by atoms with Gasteiger partial charge in [-0.1, -0.05) is 32.6 Å². The van der Waals surface area contributed by atoms with Gasteiger partial charge in [0.2, 0.25) is 0 Å². The van der Waals surface area contributed by atoms with Crippen LogP contribution in [-0.4, -0.2) is 18.2 Å². The minimum absolute atomic E-state index is 0.331. The molecule has 0 amide bonds. The molecule has 1 unspecified atom stereocenters. The maximum absolute atomic E-state index is 9.26. The lowest BCUT2D eigenvalue weighted by atomic mass is 10.1. The lowest BCUT2D eigenvalue weighted by Gasteiger charge is -2.27. The first-order chi connectivity index (χ1) is 8.15. The molecule has 0 saturated heterocycles. The molecule has 2 nitrogen and oxygen atoms in total. The van der Waals surface area contributed by atoms with Gasteiger partial charge in [0.05, 0.1) is 0 Å². The number of unbranched alkanes of at least 4 members (excludes halogenated alkanes) is 3. The number of nitrogens with zero attached hydrogens (tertiary/aromatic N) is 1. The van der Waals surface area contributed by atoms with Crippen LogP contribution in [-0.2, 0) is 0 Å². The summed E-state index contributed by atoms with van der Waals surface area (Å²) >= 11 is 0. The predicted molar refractivity (Wildman–Crippen MR) is 74.7 cm³/mol. The smallest absolute Gasteiger partial charge is 0.115 e. The van der Waals surface area contributed by atoms with E-state index in [-0.39, 0.29) is 0 Å². The summed E-state index contributed by atoms with van der Waals surface area (Å²) < 4.78 is 0. The number of phenolic OH excluding ortho intramolecular Hbond substituents is 1. The zero-order valence-corrected chi connectivity index (χ0v) is 11.3. The van der Waals surface area contributed by atoms with Crippen molar-refractivity contribution in [2.75, 3.05) is 11.9 Å². The van der Waals surface area contributed by atoms with Gasteiger partial charge in [-0.2, -0.15) is 0 Å². The fraction of sp³-hybridized carbons (Fsp3) is 0.600. The number of hydrogen-bond donors (Lipinski definition) is 1. The van der Waals surface area contributed by atoms with Crippen molar-refractivity contribution in [2.24, 2.45) is 0 Å². The standard InChI is InChI=1S/C15H25NO/c1-4-5-6-7-8-13(2)16(3)14-9-11-15(17)12-10-14/h9-13,17H,4-8H2,1-3H3. The third-order valence-corrected chi connectivity index (χ3v) is 3.39. The molecule has 0 aromatic heterocycles. The first kappa shape index (κ1) is 13.9. The molecule has 2 heteroatoms. The van der Waals surface area contributed by atoms with Crippen molar-refractivity contribution in [1.29, 1.82) is 0 Å². The van der Waals surface area contributed by atoms with E-state index in [9.17, 15) is 5.11 Å². The maximum Gasteiger partial charge on any atom is 0.115 e. The van der Waals surface area contributed by atoms with E-state index in [2.05, 4.69) is 25.8 Å². The average molecular weight is 235 g/mol. The lowest BCUT2D eigenvalue weighted by molar-refractivity contribution is 0.475. The summed E-state index contributed by atoms with van der Waals surface area (Å²) in [6, 6.07) is 7.98. The molecule has 1 N–H and O–H groups in total. The maximum atomic E-state index is 9.26. The average Bonchev–Trinajstić information content (AvgIpc) is 2.34. The Kier molecular flexibility index (Phi) is 5.88. The van der Waals surface area contributed by atoms with Gasteiger partial charge in [0.1, 0.15) is 5.75 Å². The second-order valence-corrected chi connectivity index (χ2v) is 4.83. The van der Waals surface area contributed by atoms with Gasteiger partial charge in [-0.05, 0) is 37.6 Å². The van der Waals surface area contributed by atoms with Crippen LogP contribution in [0.1, 0.15) is 46.0 Å². The third kappa shape index (κ3) is 4.68. The second-order valence-electron chi connectivity index (χ2n) is 4.83. The summed E-state index contributed by atoms with van der Waals surface area (Å²) in [6.45, 7) is 4.50. The molecule has 17 heavy (non-hydrogen) atoms. The van der Waals surface area contributed by atoms with E-state index >= 15 is 0 Å². The number of rotatable bonds is 7. The third-order valence-electron chi connectivity index (χ3n) is 3.39. The molecule has 1 rings (SSSR count). The number of aromatic hydroxyl groups is 1. The molecule has 96 valence electrons. The monoisotopic (exact) mass is 235 g/mol. The van der Waals surface area contributed by atoms with E-state index in [0.29, 0.717) is 11.8 Å². The van der Waals surface area contributed by atoms with E-state index in [1.807, 2.05) is 12.1 Å². The largest absolute Gasteiger partial charge is 0.508 e. The summed E-state index contributed by atoms with van der Waals surface area (Å²) in [7, 11) is 2.12. The van der Waals surface area contributed by atoms with E-state index < -0.39 is 0 Å². The summed E-state index contributed by atoms with van der Waals surface area (Å²) in [5, 5.41) is 9.26. The minimum Gasteiger partial charge on any atom is -0.508 e. The Morgan fingerprint density at radius 2 is 1.76 bits per heavy atom. The highest BCUT2D eigenvalue weighted by Crippen LogP contribution is 2.21. The van der Waals surface area contributed by atoms with E-state index in [0.717, 1.165) is 0 Å². The van der Waals surface area contributed by atoms with Crippen molar-refractivity contribution in [3.8, 4) is 5.75 Å². The quantitative estimate of drug-likeness (QED) is 0.716. The fourth-order valence-electron chi connectivity index (χ4n) is 2.00. The summed E-state index contributed by atoms with van der Waals surface area (Å²) in [4.78, 5) is 2.28. The molecule has 0 spiro atoms. The Morgan fingerprint density at radius 1 is 1.12 bits per heavy atom. The molecule has 0 aliphatic carbocycles. The van der Waals surface area contributed by atoms with Crippen molar-refractivity contribution in [1.82, 2.24) is 0 Å². The molecule has 0 aliphatic rings. The van der Waals surface area contributed by atoms with Crippen LogP contribution in [0.5, 0.6) is 5.75 Å². The molecule has 0 heterocycles. The van der Waals surface area contributed by atoms with Crippen LogP contribution in [0.3, 0.4) is 0 Å². The number of benzene rings is 1. The van der Waals surface area contributed by atoms with E-state index in [1.54, 1.807) is 12.1 Å². The highest BCUT2D eigenvalue weighted by molar-refractivity contribution is 5.48. The normalized spacial score (nSPS) is 12.4. The van der Waals surface area contributed by atoms with Crippen molar-refractivity contribution in [2.45, 2.75) is 52.0 Å². The van der Waals surface area contributed by atoms with Gasteiger partial charge in [0, 0.05) is 18.8 Å². The molecular weight excluding hydrogens is 210 g/mol. The van der Waals surface area contributed by atoms with Gasteiger partial charge >= 0.3 is 0 Å². The molecule has 0 bridgehead atoms. The van der Waals surface area contributed by atoms with Crippen molar-refractivity contribution in [3.63, 3.8) is 0 Å². The number of anilines is 1. The number of phenols is 1. The Bertz CT molecular complexity index is 307. The highest BCUT2D eigenvalue weighted by atomic mass is 16.3. The summed E-state index contributed by atoms with van der Waals surface area (Å²) in [5.41, 5.74) is 1.17. The molecule has 0 fully saturated rings. The SMILES string of the molecule is CCCCCCC(C)N(C)c1ccc(O)cc1. The van der Waals surface area contributed by atoms with Crippen molar-refractivity contribution < 1.29 is 5.11 Å². The Balaban J connectivity index is 2.40. The van der Waals surface area contributed by atoms with Gasteiger partial charge in [0.15, 0.2) is 0 Å². The van der Waals surface area contributed by atoms with Crippen LogP contribution < -0.4 is 4.90 Å². The first-order valence-electron chi connectivity index (χ1n) is 6.67. The van der Waals surface area contributed by atoms with Crippen LogP contribution >= 0.6 is 0 Å². The van der Waals surface area contributed by atoms with Gasteiger partial charge in [-0.15, -0.1) is 0 Å². The molecule has 0 saturated carbocycles. The van der Waals surface area contributed by atoms with Gasteiger partial charge in [0.25, 0.3) is 0 Å². The molecular formula is C15H25NO. The molecule has 1 aromatic carbocycles. The number of hydrogen-bond acceptors (Lipinski definition) is 2. The van der Waals surface area contributed by atoms with Crippen LogP contribution in [0, 0.1) is 0 Å². The van der Waals surface area contributed by atoms with Crippen LogP contribution in [0.4, 0.5) is 5.69 Å². The molecule has 0 radical (unpaired) electrons. The Labute approximate surface area is 105 Å². The van der Waals surface area contributed by atoms with Crippen molar-refractivity contribution >= 4 is 5.69 Å². The van der Waals surface area contributed by atoms with Crippen LogP contribution in [0.2, 0.25) is 0 Å². The fourth-order valence-corrected chi connectivity index (χ4v) is 2.00. The predicted octanol–water partition coefficient (Wildman–Crippen LogP) is 4.19. The highest BCUT2D eigenvalue weighted by Gasteiger charge is 2.09. The van der Waals surface area contributed by atoms with Gasteiger partial charge in [-0.3, -0.25) is 0 Å². The molecule has 0 aliphatic heterocycles.